The van der Waals surface area contributed by atoms with Gasteiger partial charge >= 0.3 is 17.9 Å². The molecular weight excluding hydrogens is 584 g/mol. The van der Waals surface area contributed by atoms with Crippen LogP contribution in [0.2, 0.25) is 0 Å². The fourth-order valence-corrected chi connectivity index (χ4v) is 6.14. The van der Waals surface area contributed by atoms with Crippen molar-refractivity contribution < 1.29 is 38.5 Å². The van der Waals surface area contributed by atoms with Crippen molar-refractivity contribution >= 4 is 24.2 Å². The molecule has 0 amide bonds. The number of ether oxygens (including phenoxy) is 3. The van der Waals surface area contributed by atoms with Gasteiger partial charge in [0.1, 0.15) is 12.4 Å². The number of carbonyl (C=O) groups is 4. The zero-order valence-electron chi connectivity index (χ0n) is 28.8. The molecule has 1 aliphatic heterocycles. The number of aldehydes is 1. The Morgan fingerprint density at radius 3 is 2.04 bits per heavy atom. The maximum Gasteiger partial charge on any atom is 0.334 e. The molecule has 1 heterocycles. The number of rotatable bonds is 22. The van der Waals surface area contributed by atoms with E-state index in [0.29, 0.717) is 37.5 Å². The summed E-state index contributed by atoms with van der Waals surface area (Å²) in [6.07, 6.45) is 20.4. The van der Waals surface area contributed by atoms with Crippen LogP contribution < -0.4 is 0 Å². The summed E-state index contributed by atoms with van der Waals surface area (Å²) in [5.74, 6) is -3.04. The summed E-state index contributed by atoms with van der Waals surface area (Å²) in [5.41, 5.74) is 0.835. The summed E-state index contributed by atoms with van der Waals surface area (Å²) in [6, 6.07) is 0. The first-order valence-electron chi connectivity index (χ1n) is 18.0. The van der Waals surface area contributed by atoms with E-state index in [1.165, 1.54) is 70.6 Å². The third kappa shape index (κ3) is 13.5. The predicted molar refractivity (Wildman–Crippen MR) is 180 cm³/mol. The first-order chi connectivity index (χ1) is 22.3. The van der Waals surface area contributed by atoms with E-state index in [2.05, 4.69) is 13.5 Å². The molecule has 0 aromatic heterocycles. The number of esters is 3. The number of hydrogen-bond donors (Lipinski definition) is 1. The molecule has 1 saturated heterocycles. The fourth-order valence-electron chi connectivity index (χ4n) is 6.14. The Morgan fingerprint density at radius 2 is 1.52 bits per heavy atom. The van der Waals surface area contributed by atoms with Crippen LogP contribution in [0.5, 0.6) is 0 Å². The van der Waals surface area contributed by atoms with Crippen LogP contribution in [-0.4, -0.2) is 54.2 Å². The van der Waals surface area contributed by atoms with Gasteiger partial charge in [-0.1, -0.05) is 123 Å². The Morgan fingerprint density at radius 1 is 0.957 bits per heavy atom. The molecule has 1 N–H and O–H groups in total. The zero-order chi connectivity index (χ0) is 33.7. The van der Waals surface area contributed by atoms with E-state index in [1.54, 1.807) is 19.1 Å². The van der Waals surface area contributed by atoms with E-state index >= 15 is 0 Å². The standard InChI is InChI=1S/C38H60O8/c1-5-7-8-9-10-11-12-13-14-15-16-17-18-19-20-24-33(41)45-35-31(27-40)23-21-22-30(26-39)25-32-34(29(4)38(43)44-32)36(35)46-37(42)28(3)6-2/h23,25,27-28,32,34-36,39H,4-22,24,26H2,1-3H3/b30-25-,31-23+/t28-,32-,34-,35-,36+/m1/s1. The minimum atomic E-state index is -1.22. The number of hydrogen-bond acceptors (Lipinski definition) is 8. The second-order valence-electron chi connectivity index (χ2n) is 13.1. The second-order valence-corrected chi connectivity index (χ2v) is 13.1. The van der Waals surface area contributed by atoms with E-state index in [-0.39, 0.29) is 24.2 Å². The normalized spacial score (nSPS) is 24.5. The molecule has 2 rings (SSSR count). The van der Waals surface area contributed by atoms with Crippen molar-refractivity contribution in [1.29, 1.82) is 0 Å². The molecule has 46 heavy (non-hydrogen) atoms. The molecule has 0 spiro atoms. The quantitative estimate of drug-likeness (QED) is 0.0314. The van der Waals surface area contributed by atoms with Crippen molar-refractivity contribution in [1.82, 2.24) is 0 Å². The summed E-state index contributed by atoms with van der Waals surface area (Å²) < 4.78 is 17.4. The zero-order valence-corrected chi connectivity index (χ0v) is 28.8. The summed E-state index contributed by atoms with van der Waals surface area (Å²) in [4.78, 5) is 51.2. The molecule has 8 heteroatoms. The van der Waals surface area contributed by atoms with E-state index in [9.17, 15) is 24.3 Å². The summed E-state index contributed by atoms with van der Waals surface area (Å²) in [6.45, 7) is 9.47. The van der Waals surface area contributed by atoms with Crippen LogP contribution in [0.25, 0.3) is 0 Å². The van der Waals surface area contributed by atoms with Gasteiger partial charge < -0.3 is 19.3 Å². The van der Waals surface area contributed by atoms with Crippen LogP contribution in [0.4, 0.5) is 0 Å². The lowest BCUT2D eigenvalue weighted by Crippen LogP contribution is -2.46. The van der Waals surface area contributed by atoms with Gasteiger partial charge in [0.05, 0.1) is 18.4 Å². The lowest BCUT2D eigenvalue weighted by Gasteiger charge is -2.33. The highest BCUT2D eigenvalue weighted by atomic mass is 16.6. The van der Waals surface area contributed by atoms with Gasteiger partial charge in [-0.25, -0.2) is 4.79 Å². The average molecular weight is 645 g/mol. The molecule has 0 unspecified atom stereocenters. The fraction of sp³-hybridized carbons (Fsp3) is 0.737. The van der Waals surface area contributed by atoms with Crippen LogP contribution in [0.3, 0.4) is 0 Å². The highest BCUT2D eigenvalue weighted by Gasteiger charge is 2.49. The number of allylic oxidation sites excluding steroid dienone is 1. The first kappa shape index (κ1) is 39.4. The van der Waals surface area contributed by atoms with E-state index in [4.69, 9.17) is 14.2 Å². The third-order valence-electron chi connectivity index (χ3n) is 9.34. The molecule has 0 aromatic carbocycles. The average Bonchev–Trinajstić information content (AvgIpc) is 3.33. The molecule has 0 saturated carbocycles. The van der Waals surface area contributed by atoms with E-state index in [0.717, 1.165) is 19.3 Å². The molecule has 8 nitrogen and oxygen atoms in total. The molecule has 5 atom stereocenters. The number of carbonyl (C=O) groups excluding carboxylic acids is 4. The van der Waals surface area contributed by atoms with Crippen LogP contribution in [-0.2, 0) is 33.4 Å². The van der Waals surface area contributed by atoms with Crippen molar-refractivity contribution in [3.05, 3.63) is 35.5 Å². The molecule has 1 fully saturated rings. The molecule has 0 radical (unpaired) electrons. The third-order valence-corrected chi connectivity index (χ3v) is 9.34. The monoisotopic (exact) mass is 644 g/mol. The summed E-state index contributed by atoms with van der Waals surface area (Å²) >= 11 is 0. The first-order valence-corrected chi connectivity index (χ1v) is 18.0. The van der Waals surface area contributed by atoms with Gasteiger partial charge in [-0.05, 0) is 37.3 Å². The maximum atomic E-state index is 13.1. The van der Waals surface area contributed by atoms with Crippen molar-refractivity contribution in [2.75, 3.05) is 6.61 Å². The molecule has 2 aliphatic rings. The van der Waals surface area contributed by atoms with Gasteiger partial charge in [-0.2, -0.15) is 0 Å². The Bertz CT molecular complexity index is 1030. The molecule has 0 aromatic rings. The Labute approximate surface area is 277 Å². The SMILES string of the molecule is C=C1C(=O)O[C@@H]2/C=C(\CO)CC/C=C(\C=O)[C@@H](OC(=O)CCCCCCCCCCCCCCCCC)[C@@H](OC(=O)[C@H](C)CC)[C@H]12. The van der Waals surface area contributed by atoms with Gasteiger partial charge in [0.25, 0.3) is 0 Å². The van der Waals surface area contributed by atoms with Crippen molar-refractivity contribution in [2.45, 2.75) is 161 Å². The lowest BCUT2D eigenvalue weighted by atomic mass is 9.83. The van der Waals surface area contributed by atoms with Crippen LogP contribution in [0, 0.1) is 11.8 Å². The molecular formula is C38H60O8. The molecule has 260 valence electrons. The summed E-state index contributed by atoms with van der Waals surface area (Å²) in [5, 5.41) is 9.89. The Hall–Kier alpha value is -2.74. The van der Waals surface area contributed by atoms with Crippen LogP contribution in [0.15, 0.2) is 35.5 Å². The topological polar surface area (TPSA) is 116 Å². The minimum Gasteiger partial charge on any atom is -0.457 e. The van der Waals surface area contributed by atoms with E-state index < -0.39 is 48.1 Å². The van der Waals surface area contributed by atoms with Gasteiger partial charge in [0, 0.05) is 17.6 Å². The number of aliphatic hydroxyl groups is 1. The van der Waals surface area contributed by atoms with Crippen LogP contribution in [0.1, 0.15) is 143 Å². The number of aliphatic hydroxyl groups excluding tert-OH is 1. The van der Waals surface area contributed by atoms with Gasteiger partial charge in [-0.15, -0.1) is 0 Å². The highest BCUT2D eigenvalue weighted by Crippen LogP contribution is 2.38. The predicted octanol–water partition coefficient (Wildman–Crippen LogP) is 8.05. The van der Waals surface area contributed by atoms with Crippen LogP contribution >= 0.6 is 0 Å². The second kappa shape index (κ2) is 22.7. The van der Waals surface area contributed by atoms with Gasteiger partial charge in [0.2, 0.25) is 0 Å². The van der Waals surface area contributed by atoms with Crippen molar-refractivity contribution in [3.8, 4) is 0 Å². The smallest absolute Gasteiger partial charge is 0.334 e. The van der Waals surface area contributed by atoms with Crippen molar-refractivity contribution in [3.63, 3.8) is 0 Å². The van der Waals surface area contributed by atoms with Crippen molar-refractivity contribution in [2.24, 2.45) is 11.8 Å². The lowest BCUT2D eigenvalue weighted by molar-refractivity contribution is -0.172. The maximum absolute atomic E-state index is 13.1. The van der Waals surface area contributed by atoms with Gasteiger partial charge in [0.15, 0.2) is 12.2 Å². The number of fused-ring (bicyclic) bond motifs is 1. The minimum absolute atomic E-state index is 0.0646. The largest absolute Gasteiger partial charge is 0.457 e. The van der Waals surface area contributed by atoms with Gasteiger partial charge in [-0.3, -0.25) is 14.4 Å². The summed E-state index contributed by atoms with van der Waals surface area (Å²) in [7, 11) is 0. The molecule has 0 bridgehead atoms. The Kier molecular flexibility index (Phi) is 19.5. The Balaban J connectivity index is 1.96. The van der Waals surface area contributed by atoms with E-state index in [1.807, 2.05) is 6.92 Å². The highest BCUT2D eigenvalue weighted by molar-refractivity contribution is 5.91. The molecule has 1 aliphatic carbocycles. The number of unbranched alkanes of at least 4 members (excludes halogenated alkanes) is 14.